The first kappa shape index (κ1) is 12.9. The van der Waals surface area contributed by atoms with Crippen LogP contribution >= 0.6 is 11.3 Å². The second-order valence-corrected chi connectivity index (χ2v) is 5.05. The Morgan fingerprint density at radius 3 is 2.67 bits per heavy atom. The van der Waals surface area contributed by atoms with Gasteiger partial charge >= 0.3 is 0 Å². The Labute approximate surface area is 112 Å². The monoisotopic (exact) mass is 259 g/mol. The number of hydrogen-bond donors (Lipinski definition) is 1. The molecule has 1 aromatic heterocycles. The molecule has 3 heteroatoms. The van der Waals surface area contributed by atoms with Crippen LogP contribution in [0.25, 0.3) is 0 Å². The van der Waals surface area contributed by atoms with E-state index in [1.54, 1.807) is 17.4 Å². The van der Waals surface area contributed by atoms with Crippen LogP contribution in [0.3, 0.4) is 0 Å². The first-order valence-corrected chi connectivity index (χ1v) is 6.79. The Morgan fingerprint density at radius 1 is 1.28 bits per heavy atom. The van der Waals surface area contributed by atoms with Gasteiger partial charge in [-0.25, -0.2) is 0 Å². The van der Waals surface area contributed by atoms with Gasteiger partial charge in [-0.05, 0) is 35.6 Å². The van der Waals surface area contributed by atoms with Crippen LogP contribution in [0, 0.1) is 0 Å². The van der Waals surface area contributed by atoms with E-state index in [4.69, 9.17) is 10.5 Å². The molecule has 0 radical (unpaired) electrons. The maximum absolute atomic E-state index is 6.16. The molecule has 1 heterocycles. The molecular formula is C15H17NOS. The van der Waals surface area contributed by atoms with Crippen molar-refractivity contribution in [3.63, 3.8) is 0 Å². The average molecular weight is 259 g/mol. The van der Waals surface area contributed by atoms with Crippen molar-refractivity contribution < 1.29 is 4.74 Å². The topological polar surface area (TPSA) is 35.2 Å². The lowest BCUT2D eigenvalue weighted by Crippen LogP contribution is -2.11. The van der Waals surface area contributed by atoms with Crippen molar-refractivity contribution >= 4 is 11.3 Å². The molecule has 2 aromatic rings. The van der Waals surface area contributed by atoms with Crippen LogP contribution in [0.2, 0.25) is 0 Å². The highest BCUT2D eigenvalue weighted by Gasteiger charge is 2.07. The van der Waals surface area contributed by atoms with Crippen molar-refractivity contribution in [1.29, 1.82) is 0 Å². The second-order valence-electron chi connectivity index (χ2n) is 4.07. The molecule has 1 unspecified atom stereocenters. The summed E-state index contributed by atoms with van der Waals surface area (Å²) in [5.41, 5.74) is 7.38. The van der Waals surface area contributed by atoms with E-state index in [1.165, 1.54) is 10.4 Å². The molecule has 0 saturated carbocycles. The normalized spacial score (nSPS) is 12.1. The zero-order valence-electron chi connectivity index (χ0n) is 10.2. The molecule has 0 amide bonds. The van der Waals surface area contributed by atoms with Crippen molar-refractivity contribution in [2.24, 2.45) is 5.73 Å². The standard InChI is InChI=1S/C15H17NOS/c1-2-9-17-13-7-5-12(6-8-13)11-14(16)15-4-3-10-18-15/h2-8,10,14H,1,9,11,16H2. The van der Waals surface area contributed by atoms with E-state index in [2.05, 4.69) is 30.2 Å². The molecule has 0 saturated heterocycles. The molecule has 0 spiro atoms. The summed E-state index contributed by atoms with van der Waals surface area (Å²) < 4.78 is 5.44. The molecule has 0 bridgehead atoms. The van der Waals surface area contributed by atoms with Crippen LogP contribution in [0.4, 0.5) is 0 Å². The van der Waals surface area contributed by atoms with Gasteiger partial charge in [0.25, 0.3) is 0 Å². The summed E-state index contributed by atoms with van der Waals surface area (Å²) in [7, 11) is 0. The average Bonchev–Trinajstić information content (AvgIpc) is 2.92. The molecule has 1 aromatic carbocycles. The third kappa shape index (κ3) is 3.45. The fraction of sp³-hybridized carbons (Fsp3) is 0.200. The van der Waals surface area contributed by atoms with E-state index in [1.807, 2.05) is 18.2 Å². The smallest absolute Gasteiger partial charge is 0.119 e. The van der Waals surface area contributed by atoms with E-state index in [9.17, 15) is 0 Å². The Kier molecular flexibility index (Phi) is 4.56. The van der Waals surface area contributed by atoms with Gasteiger partial charge in [-0.1, -0.05) is 30.9 Å². The molecule has 1 atom stereocenters. The van der Waals surface area contributed by atoms with Gasteiger partial charge in [0, 0.05) is 10.9 Å². The van der Waals surface area contributed by atoms with Gasteiger partial charge in [0.05, 0.1) is 0 Å². The minimum atomic E-state index is 0.0740. The van der Waals surface area contributed by atoms with Gasteiger partial charge in [0.1, 0.15) is 12.4 Å². The number of hydrogen-bond acceptors (Lipinski definition) is 3. The second kappa shape index (κ2) is 6.38. The minimum Gasteiger partial charge on any atom is -0.490 e. The Morgan fingerprint density at radius 2 is 2.06 bits per heavy atom. The van der Waals surface area contributed by atoms with Crippen LogP contribution < -0.4 is 10.5 Å². The first-order chi connectivity index (χ1) is 8.79. The molecule has 94 valence electrons. The number of ether oxygens (including phenoxy) is 1. The lowest BCUT2D eigenvalue weighted by Gasteiger charge is -2.10. The third-order valence-corrected chi connectivity index (χ3v) is 3.66. The van der Waals surface area contributed by atoms with E-state index in [0.717, 1.165) is 12.2 Å². The SMILES string of the molecule is C=CCOc1ccc(CC(N)c2cccs2)cc1. The van der Waals surface area contributed by atoms with Crippen molar-refractivity contribution in [1.82, 2.24) is 0 Å². The van der Waals surface area contributed by atoms with E-state index < -0.39 is 0 Å². The van der Waals surface area contributed by atoms with Gasteiger partial charge in [-0.2, -0.15) is 0 Å². The van der Waals surface area contributed by atoms with Gasteiger partial charge in [0.15, 0.2) is 0 Å². The van der Waals surface area contributed by atoms with E-state index in [-0.39, 0.29) is 6.04 Å². The van der Waals surface area contributed by atoms with Gasteiger partial charge in [-0.3, -0.25) is 0 Å². The van der Waals surface area contributed by atoms with Crippen molar-refractivity contribution in [3.8, 4) is 5.75 Å². The molecular weight excluding hydrogens is 242 g/mol. The Hall–Kier alpha value is -1.58. The predicted octanol–water partition coefficient (Wildman–Crippen LogP) is 3.56. The highest BCUT2D eigenvalue weighted by molar-refractivity contribution is 7.10. The Balaban J connectivity index is 1.95. The van der Waals surface area contributed by atoms with Crippen LogP contribution in [0.5, 0.6) is 5.75 Å². The molecule has 0 aliphatic heterocycles. The van der Waals surface area contributed by atoms with Crippen molar-refractivity contribution in [2.45, 2.75) is 12.5 Å². The maximum Gasteiger partial charge on any atom is 0.119 e. The zero-order valence-corrected chi connectivity index (χ0v) is 11.0. The molecule has 2 nitrogen and oxygen atoms in total. The van der Waals surface area contributed by atoms with E-state index >= 15 is 0 Å². The number of nitrogens with two attached hydrogens (primary N) is 1. The number of benzene rings is 1. The highest BCUT2D eigenvalue weighted by atomic mass is 32.1. The van der Waals surface area contributed by atoms with Crippen LogP contribution in [-0.2, 0) is 6.42 Å². The van der Waals surface area contributed by atoms with E-state index in [0.29, 0.717) is 6.61 Å². The summed E-state index contributed by atoms with van der Waals surface area (Å²) in [6, 6.07) is 12.3. The Bertz CT molecular complexity index is 476. The number of rotatable bonds is 6. The van der Waals surface area contributed by atoms with Gasteiger partial charge in [-0.15, -0.1) is 11.3 Å². The van der Waals surface area contributed by atoms with Crippen molar-refractivity contribution in [3.05, 3.63) is 64.9 Å². The molecule has 18 heavy (non-hydrogen) atoms. The molecule has 2 rings (SSSR count). The summed E-state index contributed by atoms with van der Waals surface area (Å²) in [5.74, 6) is 0.864. The summed E-state index contributed by atoms with van der Waals surface area (Å²) >= 11 is 1.70. The lowest BCUT2D eigenvalue weighted by atomic mass is 10.1. The molecule has 0 aliphatic rings. The van der Waals surface area contributed by atoms with Crippen molar-refractivity contribution in [2.75, 3.05) is 6.61 Å². The summed E-state index contributed by atoms with van der Waals surface area (Å²) in [6.45, 7) is 4.16. The fourth-order valence-corrected chi connectivity index (χ4v) is 2.46. The highest BCUT2D eigenvalue weighted by Crippen LogP contribution is 2.21. The fourth-order valence-electron chi connectivity index (χ4n) is 1.73. The maximum atomic E-state index is 6.16. The summed E-state index contributed by atoms with van der Waals surface area (Å²) in [6.07, 6.45) is 2.59. The predicted molar refractivity (Wildman–Crippen MR) is 77.1 cm³/mol. The minimum absolute atomic E-state index is 0.0740. The number of thiophene rings is 1. The largest absolute Gasteiger partial charge is 0.490 e. The zero-order chi connectivity index (χ0) is 12.8. The first-order valence-electron chi connectivity index (χ1n) is 5.91. The molecule has 0 fully saturated rings. The van der Waals surface area contributed by atoms with Gasteiger partial charge in [0.2, 0.25) is 0 Å². The third-order valence-electron chi connectivity index (χ3n) is 2.66. The lowest BCUT2D eigenvalue weighted by molar-refractivity contribution is 0.363. The van der Waals surface area contributed by atoms with Gasteiger partial charge < -0.3 is 10.5 Å². The van der Waals surface area contributed by atoms with Crippen LogP contribution in [0.15, 0.2) is 54.4 Å². The molecule has 2 N–H and O–H groups in total. The molecule has 0 aliphatic carbocycles. The van der Waals surface area contributed by atoms with Crippen LogP contribution in [0.1, 0.15) is 16.5 Å². The van der Waals surface area contributed by atoms with Crippen LogP contribution in [-0.4, -0.2) is 6.61 Å². The summed E-state index contributed by atoms with van der Waals surface area (Å²) in [4.78, 5) is 1.22. The quantitative estimate of drug-likeness (QED) is 0.805. The summed E-state index contributed by atoms with van der Waals surface area (Å²) in [5, 5.41) is 2.06.